The van der Waals surface area contributed by atoms with Gasteiger partial charge in [-0.2, -0.15) is 13.2 Å². The summed E-state index contributed by atoms with van der Waals surface area (Å²) in [5.74, 6) is 0.0770. The Bertz CT molecular complexity index is 1200. The highest BCUT2D eigenvalue weighted by Crippen LogP contribution is 2.45. The smallest absolute Gasteiger partial charge is 0.327 e. The van der Waals surface area contributed by atoms with Gasteiger partial charge < -0.3 is 4.90 Å². The Morgan fingerprint density at radius 2 is 2.06 bits per heavy atom. The molecule has 10 heteroatoms. The molecule has 32 heavy (non-hydrogen) atoms. The van der Waals surface area contributed by atoms with Crippen molar-refractivity contribution in [3.05, 3.63) is 62.3 Å². The van der Waals surface area contributed by atoms with Gasteiger partial charge in [0.25, 0.3) is 5.91 Å². The van der Waals surface area contributed by atoms with Gasteiger partial charge in [0.05, 0.1) is 44.8 Å². The molecule has 0 N–H and O–H groups in total. The maximum Gasteiger partial charge on any atom is 0.417 e. The number of fused-ring (bicyclic) bond motifs is 4. The molecule has 0 spiro atoms. The Labute approximate surface area is 191 Å². The fraction of sp³-hybridized carbons (Fsp3) is 0.364. The van der Waals surface area contributed by atoms with E-state index in [0.717, 1.165) is 41.6 Å². The monoisotopic (exact) mass is 478 g/mol. The summed E-state index contributed by atoms with van der Waals surface area (Å²) >= 11 is 7.56. The molecule has 1 aromatic carbocycles. The third kappa shape index (κ3) is 3.47. The van der Waals surface area contributed by atoms with E-state index in [-0.39, 0.29) is 17.6 Å². The van der Waals surface area contributed by atoms with Crippen LogP contribution in [0.25, 0.3) is 11.4 Å². The van der Waals surface area contributed by atoms with Crippen molar-refractivity contribution < 1.29 is 18.0 Å². The molecule has 2 bridgehead atoms. The molecule has 0 aliphatic carbocycles. The van der Waals surface area contributed by atoms with Crippen LogP contribution in [0.4, 0.5) is 13.2 Å². The van der Waals surface area contributed by atoms with Crippen LogP contribution in [0.5, 0.6) is 0 Å². The van der Waals surface area contributed by atoms with Crippen molar-refractivity contribution >= 4 is 28.8 Å². The van der Waals surface area contributed by atoms with E-state index in [2.05, 4.69) is 15.0 Å². The van der Waals surface area contributed by atoms with Gasteiger partial charge in [0, 0.05) is 17.0 Å². The predicted octanol–water partition coefficient (Wildman–Crippen LogP) is 5.87. The van der Waals surface area contributed by atoms with Gasteiger partial charge in [0.2, 0.25) is 0 Å². The molecule has 5 rings (SSSR count). The number of rotatable bonds is 2. The standard InChI is InChI=1S/C22H18ClF3N4OS/c1-11-28-19(16-9-32-10-27-16)14-8-12-4-2-7-17(20(14)29-11)30(12)21(31)13-5-3-6-15(18(13)23)22(24,25)26/h3,5-6,9-10,12,17H,2,4,7-8H2,1H3. The van der Waals surface area contributed by atoms with Crippen LogP contribution in [0.1, 0.15) is 58.3 Å². The van der Waals surface area contributed by atoms with Gasteiger partial charge in [0.1, 0.15) is 5.82 Å². The topological polar surface area (TPSA) is 59.0 Å². The minimum atomic E-state index is -4.63. The molecule has 2 unspecified atom stereocenters. The zero-order chi connectivity index (χ0) is 22.6. The number of hydrogen-bond acceptors (Lipinski definition) is 5. The van der Waals surface area contributed by atoms with Gasteiger partial charge in [-0.15, -0.1) is 11.3 Å². The van der Waals surface area contributed by atoms with Gasteiger partial charge in [-0.3, -0.25) is 4.79 Å². The van der Waals surface area contributed by atoms with E-state index in [1.807, 2.05) is 5.38 Å². The average Bonchev–Trinajstić information content (AvgIpc) is 3.27. The third-order valence-corrected chi connectivity index (χ3v) is 7.09. The highest BCUT2D eigenvalue weighted by Gasteiger charge is 2.44. The maximum atomic E-state index is 13.5. The SMILES string of the molecule is Cc1nc(-c2cscn2)c2c(n1)C1CCCC(C2)N1C(=O)c1cccc(C(F)(F)F)c1Cl. The number of carbonyl (C=O) groups is 1. The summed E-state index contributed by atoms with van der Waals surface area (Å²) in [6, 6.07) is 2.97. The number of nitrogens with zero attached hydrogens (tertiary/aromatic N) is 4. The summed E-state index contributed by atoms with van der Waals surface area (Å²) in [5.41, 5.74) is 3.88. The number of halogens is 4. The van der Waals surface area contributed by atoms with E-state index in [9.17, 15) is 18.0 Å². The molecule has 0 saturated carbocycles. The quantitative estimate of drug-likeness (QED) is 0.462. The van der Waals surface area contributed by atoms with E-state index in [0.29, 0.717) is 18.7 Å². The van der Waals surface area contributed by atoms with E-state index in [1.165, 1.54) is 23.5 Å². The van der Waals surface area contributed by atoms with E-state index >= 15 is 0 Å². The summed E-state index contributed by atoms with van der Waals surface area (Å²) in [7, 11) is 0. The molecule has 2 aromatic heterocycles. The van der Waals surface area contributed by atoms with Crippen LogP contribution in [-0.4, -0.2) is 31.8 Å². The number of aromatic nitrogens is 3. The first-order valence-electron chi connectivity index (χ1n) is 10.2. The first kappa shape index (κ1) is 21.3. The Kier molecular flexibility index (Phi) is 5.21. The highest BCUT2D eigenvalue weighted by atomic mass is 35.5. The van der Waals surface area contributed by atoms with E-state index < -0.39 is 22.7 Å². The normalized spacial score (nSPS) is 20.2. The van der Waals surface area contributed by atoms with Gasteiger partial charge in [-0.1, -0.05) is 17.7 Å². The molecule has 5 nitrogen and oxygen atoms in total. The number of carbonyl (C=O) groups excluding carboxylic acids is 1. The van der Waals surface area contributed by atoms with Crippen molar-refractivity contribution in [2.24, 2.45) is 0 Å². The minimum absolute atomic E-state index is 0.132. The number of thiazole rings is 1. The predicted molar refractivity (Wildman–Crippen MR) is 115 cm³/mol. The number of hydrogen-bond donors (Lipinski definition) is 0. The van der Waals surface area contributed by atoms with E-state index in [4.69, 9.17) is 11.6 Å². The maximum absolute atomic E-state index is 13.5. The van der Waals surface area contributed by atoms with Crippen molar-refractivity contribution in [1.82, 2.24) is 19.9 Å². The molecule has 2 aliphatic rings. The van der Waals surface area contributed by atoms with Gasteiger partial charge in [-0.05, 0) is 44.7 Å². The Morgan fingerprint density at radius 1 is 1.25 bits per heavy atom. The number of alkyl halides is 3. The molecule has 166 valence electrons. The molecule has 1 fully saturated rings. The Hall–Kier alpha value is -2.52. The summed E-state index contributed by atoms with van der Waals surface area (Å²) in [4.78, 5) is 28.9. The molecule has 4 heterocycles. The second-order valence-electron chi connectivity index (χ2n) is 8.04. The minimum Gasteiger partial charge on any atom is -0.327 e. The first-order chi connectivity index (χ1) is 15.3. The molecule has 1 saturated heterocycles. The summed E-state index contributed by atoms with van der Waals surface area (Å²) < 4.78 is 40.1. The van der Waals surface area contributed by atoms with Crippen LogP contribution < -0.4 is 0 Å². The fourth-order valence-corrected chi connectivity index (χ4v) is 5.63. The molecule has 2 aliphatic heterocycles. The summed E-state index contributed by atoms with van der Waals surface area (Å²) in [6.07, 6.45) is -1.77. The zero-order valence-corrected chi connectivity index (χ0v) is 18.6. The second kappa shape index (κ2) is 7.81. The lowest BCUT2D eigenvalue weighted by Crippen LogP contribution is -2.50. The molecule has 2 atom stereocenters. The number of benzene rings is 1. The first-order valence-corrected chi connectivity index (χ1v) is 11.5. The van der Waals surface area contributed by atoms with Gasteiger partial charge >= 0.3 is 6.18 Å². The van der Waals surface area contributed by atoms with Crippen LogP contribution in [-0.2, 0) is 12.6 Å². The van der Waals surface area contributed by atoms with Crippen LogP contribution in [0, 0.1) is 6.92 Å². The van der Waals surface area contributed by atoms with Gasteiger partial charge in [-0.25, -0.2) is 15.0 Å². The largest absolute Gasteiger partial charge is 0.417 e. The summed E-state index contributed by atoms with van der Waals surface area (Å²) in [6.45, 7) is 1.79. The van der Waals surface area contributed by atoms with E-state index in [1.54, 1.807) is 17.3 Å². The van der Waals surface area contributed by atoms with Crippen LogP contribution >= 0.6 is 22.9 Å². The molecule has 3 aromatic rings. The lowest BCUT2D eigenvalue weighted by molar-refractivity contribution is -0.137. The van der Waals surface area contributed by atoms with Crippen molar-refractivity contribution in [2.45, 2.75) is 50.9 Å². The number of aryl methyl sites for hydroxylation is 1. The highest BCUT2D eigenvalue weighted by molar-refractivity contribution is 7.07. The van der Waals surface area contributed by atoms with Crippen LogP contribution in [0.3, 0.4) is 0 Å². The summed E-state index contributed by atoms with van der Waals surface area (Å²) in [5, 5.41) is 1.37. The number of amides is 1. The van der Waals surface area contributed by atoms with Crippen molar-refractivity contribution in [3.8, 4) is 11.4 Å². The van der Waals surface area contributed by atoms with Crippen molar-refractivity contribution in [2.75, 3.05) is 0 Å². The number of piperidine rings is 1. The average molecular weight is 479 g/mol. The van der Waals surface area contributed by atoms with Crippen molar-refractivity contribution in [1.29, 1.82) is 0 Å². The Morgan fingerprint density at radius 3 is 2.78 bits per heavy atom. The van der Waals surface area contributed by atoms with Crippen LogP contribution in [0.2, 0.25) is 5.02 Å². The van der Waals surface area contributed by atoms with Gasteiger partial charge in [0.15, 0.2) is 0 Å². The molecular weight excluding hydrogens is 461 g/mol. The molecule has 0 radical (unpaired) electrons. The second-order valence-corrected chi connectivity index (χ2v) is 9.14. The van der Waals surface area contributed by atoms with Crippen LogP contribution in [0.15, 0.2) is 29.1 Å². The third-order valence-electron chi connectivity index (χ3n) is 6.09. The Balaban J connectivity index is 1.60. The lowest BCUT2D eigenvalue weighted by atomic mass is 9.81. The molecular formula is C22H18ClF3N4OS. The zero-order valence-electron chi connectivity index (χ0n) is 17.0. The fourth-order valence-electron chi connectivity index (χ4n) is 4.78. The molecule has 1 amide bonds. The van der Waals surface area contributed by atoms with Crippen molar-refractivity contribution in [3.63, 3.8) is 0 Å². The lowest BCUT2D eigenvalue weighted by Gasteiger charge is -2.46.